The predicted molar refractivity (Wildman–Crippen MR) is 90.6 cm³/mol. The Morgan fingerprint density at radius 3 is 1.96 bits per heavy atom. The average Bonchev–Trinajstić information content (AvgIpc) is 2.45. The number of sulfone groups is 1. The molecule has 0 radical (unpaired) electrons. The number of aryl methyl sites for hydroxylation is 3. The standard InChI is InChI=1S/C17H19NO5S/c1-11-9-12(2)16(13(3)10-11)24(21,22)17(18(19)20)14-5-7-15(23-4)8-6-14/h5-10,17H,1-4H3. The van der Waals surface area contributed by atoms with Gasteiger partial charge in [0.2, 0.25) is 0 Å². The molecule has 0 amide bonds. The molecule has 2 rings (SSSR count). The van der Waals surface area contributed by atoms with Gasteiger partial charge in [-0.25, -0.2) is 8.42 Å². The van der Waals surface area contributed by atoms with E-state index in [0.717, 1.165) is 5.56 Å². The fourth-order valence-corrected chi connectivity index (χ4v) is 4.89. The van der Waals surface area contributed by atoms with Crippen molar-refractivity contribution in [3.63, 3.8) is 0 Å². The third-order valence-electron chi connectivity index (χ3n) is 3.78. The molecule has 2 aromatic rings. The molecule has 0 aliphatic rings. The lowest BCUT2D eigenvalue weighted by Crippen LogP contribution is -2.23. The van der Waals surface area contributed by atoms with Gasteiger partial charge in [-0.05, 0) is 56.2 Å². The molecular weight excluding hydrogens is 330 g/mol. The van der Waals surface area contributed by atoms with Crippen LogP contribution >= 0.6 is 0 Å². The van der Waals surface area contributed by atoms with Gasteiger partial charge in [-0.15, -0.1) is 0 Å². The van der Waals surface area contributed by atoms with E-state index in [-0.39, 0.29) is 10.5 Å². The molecule has 0 N–H and O–H groups in total. The van der Waals surface area contributed by atoms with Gasteiger partial charge in [0.15, 0.2) is 0 Å². The zero-order chi connectivity index (χ0) is 18.1. The Kier molecular flexibility index (Phi) is 4.94. The summed E-state index contributed by atoms with van der Waals surface area (Å²) >= 11 is 0. The molecular formula is C17H19NO5S. The summed E-state index contributed by atoms with van der Waals surface area (Å²) < 4.78 is 31.0. The summed E-state index contributed by atoms with van der Waals surface area (Å²) in [6.07, 6.45) is 0. The summed E-state index contributed by atoms with van der Waals surface area (Å²) in [6, 6.07) is 9.26. The first-order valence-electron chi connectivity index (χ1n) is 7.27. The minimum Gasteiger partial charge on any atom is -0.497 e. The van der Waals surface area contributed by atoms with Crippen molar-refractivity contribution in [2.45, 2.75) is 31.0 Å². The highest BCUT2D eigenvalue weighted by Crippen LogP contribution is 2.34. The number of nitro groups is 1. The van der Waals surface area contributed by atoms with Crippen molar-refractivity contribution in [3.8, 4) is 5.75 Å². The first kappa shape index (κ1) is 17.9. The van der Waals surface area contributed by atoms with Gasteiger partial charge >= 0.3 is 5.37 Å². The second kappa shape index (κ2) is 6.60. The van der Waals surface area contributed by atoms with Gasteiger partial charge in [0.05, 0.1) is 12.0 Å². The Morgan fingerprint density at radius 1 is 1.04 bits per heavy atom. The molecule has 0 saturated heterocycles. The van der Waals surface area contributed by atoms with Crippen molar-refractivity contribution in [2.75, 3.05) is 7.11 Å². The Morgan fingerprint density at radius 2 is 1.54 bits per heavy atom. The molecule has 0 spiro atoms. The number of hydrogen-bond acceptors (Lipinski definition) is 5. The predicted octanol–water partition coefficient (Wildman–Crippen LogP) is 3.37. The van der Waals surface area contributed by atoms with E-state index >= 15 is 0 Å². The van der Waals surface area contributed by atoms with Gasteiger partial charge in [-0.3, -0.25) is 10.1 Å². The van der Waals surface area contributed by atoms with Crippen molar-refractivity contribution in [3.05, 3.63) is 68.8 Å². The molecule has 0 bridgehead atoms. The van der Waals surface area contributed by atoms with Gasteiger partial charge in [0, 0.05) is 10.5 Å². The quantitative estimate of drug-likeness (QED) is 0.610. The van der Waals surface area contributed by atoms with Gasteiger partial charge in [-0.1, -0.05) is 17.7 Å². The molecule has 6 nitrogen and oxygen atoms in total. The fourth-order valence-electron chi connectivity index (χ4n) is 2.91. The van der Waals surface area contributed by atoms with Crippen molar-refractivity contribution in [2.24, 2.45) is 0 Å². The molecule has 1 unspecified atom stereocenters. The van der Waals surface area contributed by atoms with Crippen molar-refractivity contribution < 1.29 is 18.1 Å². The molecule has 0 heterocycles. The number of methoxy groups -OCH3 is 1. The Hall–Kier alpha value is -2.41. The zero-order valence-electron chi connectivity index (χ0n) is 13.9. The maximum absolute atomic E-state index is 13.0. The second-order valence-corrected chi connectivity index (χ2v) is 7.63. The van der Waals surface area contributed by atoms with E-state index in [1.54, 1.807) is 26.0 Å². The van der Waals surface area contributed by atoms with Crippen LogP contribution < -0.4 is 4.74 Å². The molecule has 128 valence electrons. The minimum atomic E-state index is -4.19. The highest BCUT2D eigenvalue weighted by Gasteiger charge is 2.41. The van der Waals surface area contributed by atoms with Crippen LogP contribution in [0.1, 0.15) is 27.6 Å². The van der Waals surface area contributed by atoms with Crippen LogP contribution in [0.2, 0.25) is 0 Å². The summed E-state index contributed by atoms with van der Waals surface area (Å²) in [5.74, 6) is 0.501. The fraction of sp³-hybridized carbons (Fsp3) is 0.294. The molecule has 0 aromatic heterocycles. The van der Waals surface area contributed by atoms with E-state index in [1.807, 2.05) is 6.92 Å². The van der Waals surface area contributed by atoms with Crippen LogP contribution in [0, 0.1) is 30.9 Å². The Bertz CT molecular complexity index is 849. The SMILES string of the molecule is COc1ccc(C([N+](=O)[O-])S(=O)(=O)c2c(C)cc(C)cc2C)cc1. The van der Waals surface area contributed by atoms with E-state index in [0.29, 0.717) is 16.9 Å². The number of hydrogen-bond donors (Lipinski definition) is 0. The first-order valence-corrected chi connectivity index (χ1v) is 8.82. The summed E-state index contributed by atoms with van der Waals surface area (Å²) in [4.78, 5) is 10.8. The van der Waals surface area contributed by atoms with Gasteiger partial charge in [0.25, 0.3) is 9.84 Å². The largest absolute Gasteiger partial charge is 0.497 e. The highest BCUT2D eigenvalue weighted by molar-refractivity contribution is 7.91. The maximum Gasteiger partial charge on any atom is 0.339 e. The summed E-state index contributed by atoms with van der Waals surface area (Å²) in [5.41, 5.74) is 2.02. The van der Waals surface area contributed by atoms with Crippen LogP contribution in [0.25, 0.3) is 0 Å². The van der Waals surface area contributed by atoms with Gasteiger partial charge in [0.1, 0.15) is 5.75 Å². The smallest absolute Gasteiger partial charge is 0.339 e. The van der Waals surface area contributed by atoms with Crippen LogP contribution in [-0.4, -0.2) is 20.5 Å². The first-order chi connectivity index (χ1) is 11.2. The lowest BCUT2D eigenvalue weighted by molar-refractivity contribution is -0.502. The second-order valence-electron chi connectivity index (χ2n) is 5.68. The topological polar surface area (TPSA) is 86.5 Å². The molecule has 0 saturated carbocycles. The van der Waals surface area contributed by atoms with Crippen molar-refractivity contribution in [1.82, 2.24) is 0 Å². The summed E-state index contributed by atoms with van der Waals surface area (Å²) in [6.45, 7) is 5.15. The third kappa shape index (κ3) is 3.26. The van der Waals surface area contributed by atoms with E-state index in [4.69, 9.17) is 4.74 Å². The van der Waals surface area contributed by atoms with Gasteiger partial charge in [-0.2, -0.15) is 0 Å². The number of rotatable bonds is 5. The van der Waals surface area contributed by atoms with Crippen LogP contribution in [-0.2, 0) is 9.84 Å². The monoisotopic (exact) mass is 349 g/mol. The van der Waals surface area contributed by atoms with E-state index in [2.05, 4.69) is 0 Å². The Labute approximate surface area is 141 Å². The van der Waals surface area contributed by atoms with Crippen LogP contribution in [0.5, 0.6) is 5.75 Å². The Balaban J connectivity index is 2.64. The van der Waals surface area contributed by atoms with Crippen LogP contribution in [0.3, 0.4) is 0 Å². The van der Waals surface area contributed by atoms with E-state index < -0.39 is 20.1 Å². The minimum absolute atomic E-state index is 0.0191. The molecule has 24 heavy (non-hydrogen) atoms. The lowest BCUT2D eigenvalue weighted by Gasteiger charge is -2.16. The molecule has 1 atom stereocenters. The normalized spacial score (nSPS) is 12.7. The van der Waals surface area contributed by atoms with Crippen molar-refractivity contribution >= 4 is 9.84 Å². The van der Waals surface area contributed by atoms with Crippen LogP contribution in [0.4, 0.5) is 0 Å². The van der Waals surface area contributed by atoms with Crippen LogP contribution in [0.15, 0.2) is 41.3 Å². The molecule has 0 aliphatic carbocycles. The number of nitrogens with zero attached hydrogens (tertiary/aromatic N) is 1. The van der Waals surface area contributed by atoms with E-state index in [9.17, 15) is 18.5 Å². The van der Waals surface area contributed by atoms with Gasteiger partial charge < -0.3 is 4.74 Å². The van der Waals surface area contributed by atoms with E-state index in [1.165, 1.54) is 31.4 Å². The highest BCUT2D eigenvalue weighted by atomic mass is 32.2. The molecule has 0 aliphatic heterocycles. The third-order valence-corrected chi connectivity index (χ3v) is 6.02. The lowest BCUT2D eigenvalue weighted by atomic mass is 10.1. The average molecular weight is 349 g/mol. The molecule has 2 aromatic carbocycles. The molecule has 7 heteroatoms. The summed E-state index contributed by atoms with van der Waals surface area (Å²) in [7, 11) is -2.72. The maximum atomic E-state index is 13.0. The number of ether oxygens (including phenoxy) is 1. The zero-order valence-corrected chi connectivity index (χ0v) is 14.8. The number of benzene rings is 2. The van der Waals surface area contributed by atoms with Crippen molar-refractivity contribution in [1.29, 1.82) is 0 Å². The molecule has 0 fully saturated rings. The summed E-state index contributed by atoms with van der Waals surface area (Å²) in [5, 5.41) is 9.70.